The van der Waals surface area contributed by atoms with Crippen LogP contribution in [0.2, 0.25) is 0 Å². The first-order chi connectivity index (χ1) is 8.16. The molecule has 1 amide bonds. The number of hydrogen-bond donors (Lipinski definition) is 0. The van der Waals surface area contributed by atoms with Crippen molar-refractivity contribution < 1.29 is 13.6 Å². The van der Waals surface area contributed by atoms with Gasteiger partial charge in [0.25, 0.3) is 0 Å². The number of benzene rings is 1. The highest BCUT2D eigenvalue weighted by Gasteiger charge is 2.13. The number of carbonyl (C=O) groups excluding carboxylic acids is 1. The third-order valence-corrected chi connectivity index (χ3v) is 2.39. The standard InChI is InChI=1S/C13H12FNO2/c1-10(16)15(9-13-6-3-7-17-13)12-5-2-4-11(14)8-12/h2-8H,9H2,1H3. The molecule has 2 rings (SSSR count). The zero-order valence-corrected chi connectivity index (χ0v) is 9.39. The molecule has 0 aliphatic carbocycles. The maximum absolute atomic E-state index is 13.1. The van der Waals surface area contributed by atoms with Crippen molar-refractivity contribution in [1.82, 2.24) is 0 Å². The van der Waals surface area contributed by atoms with Crippen LogP contribution in [0.15, 0.2) is 47.1 Å². The van der Waals surface area contributed by atoms with Crippen LogP contribution in [0.3, 0.4) is 0 Å². The van der Waals surface area contributed by atoms with E-state index in [4.69, 9.17) is 4.42 Å². The first-order valence-corrected chi connectivity index (χ1v) is 5.23. The van der Waals surface area contributed by atoms with Gasteiger partial charge in [0, 0.05) is 12.6 Å². The van der Waals surface area contributed by atoms with Crippen molar-refractivity contribution in [3.8, 4) is 0 Å². The van der Waals surface area contributed by atoms with Gasteiger partial charge in [-0.05, 0) is 30.3 Å². The summed E-state index contributed by atoms with van der Waals surface area (Å²) in [6, 6.07) is 9.45. The molecule has 1 heterocycles. The van der Waals surface area contributed by atoms with Crippen molar-refractivity contribution in [2.24, 2.45) is 0 Å². The number of carbonyl (C=O) groups is 1. The van der Waals surface area contributed by atoms with Gasteiger partial charge in [0.05, 0.1) is 12.8 Å². The number of hydrogen-bond acceptors (Lipinski definition) is 2. The van der Waals surface area contributed by atoms with E-state index in [0.29, 0.717) is 18.0 Å². The monoisotopic (exact) mass is 233 g/mol. The zero-order chi connectivity index (χ0) is 12.3. The van der Waals surface area contributed by atoms with Crippen LogP contribution < -0.4 is 4.90 Å². The van der Waals surface area contributed by atoms with Crippen molar-refractivity contribution >= 4 is 11.6 Å². The number of anilines is 1. The molecule has 4 heteroatoms. The fourth-order valence-electron chi connectivity index (χ4n) is 1.59. The molecule has 88 valence electrons. The first-order valence-electron chi connectivity index (χ1n) is 5.23. The molecule has 0 fully saturated rings. The Labute approximate surface area is 98.5 Å². The lowest BCUT2D eigenvalue weighted by atomic mass is 10.2. The van der Waals surface area contributed by atoms with Crippen LogP contribution in [-0.2, 0) is 11.3 Å². The lowest BCUT2D eigenvalue weighted by Crippen LogP contribution is -2.27. The number of rotatable bonds is 3. The van der Waals surface area contributed by atoms with E-state index in [1.54, 1.807) is 30.5 Å². The molecule has 0 bridgehead atoms. The Morgan fingerprint density at radius 2 is 2.18 bits per heavy atom. The van der Waals surface area contributed by atoms with Gasteiger partial charge in [0.1, 0.15) is 11.6 Å². The van der Waals surface area contributed by atoms with E-state index in [1.165, 1.54) is 24.0 Å². The SMILES string of the molecule is CC(=O)N(Cc1ccco1)c1cccc(F)c1. The van der Waals surface area contributed by atoms with E-state index in [9.17, 15) is 9.18 Å². The summed E-state index contributed by atoms with van der Waals surface area (Å²) >= 11 is 0. The molecule has 1 aromatic heterocycles. The Balaban J connectivity index is 2.26. The van der Waals surface area contributed by atoms with Crippen LogP contribution in [0.25, 0.3) is 0 Å². The Bertz CT molecular complexity index is 508. The molecule has 0 aliphatic rings. The van der Waals surface area contributed by atoms with Gasteiger partial charge < -0.3 is 9.32 Å². The maximum atomic E-state index is 13.1. The van der Waals surface area contributed by atoms with Crippen LogP contribution in [0.5, 0.6) is 0 Å². The summed E-state index contributed by atoms with van der Waals surface area (Å²) in [5.41, 5.74) is 0.522. The molecule has 1 aromatic carbocycles. The Morgan fingerprint density at radius 1 is 1.35 bits per heavy atom. The predicted octanol–water partition coefficient (Wildman–Crippen LogP) is 2.97. The van der Waals surface area contributed by atoms with Gasteiger partial charge in [-0.3, -0.25) is 4.79 Å². The second-order valence-corrected chi connectivity index (χ2v) is 3.66. The highest BCUT2D eigenvalue weighted by Crippen LogP contribution is 2.18. The minimum Gasteiger partial charge on any atom is -0.467 e. The minimum atomic E-state index is -0.367. The first kappa shape index (κ1) is 11.4. The average Bonchev–Trinajstić information content (AvgIpc) is 2.78. The Hall–Kier alpha value is -2.10. The number of amides is 1. The van der Waals surface area contributed by atoms with E-state index in [1.807, 2.05) is 0 Å². The lowest BCUT2D eigenvalue weighted by Gasteiger charge is -2.19. The summed E-state index contributed by atoms with van der Waals surface area (Å²) in [5, 5.41) is 0. The molecule has 0 radical (unpaired) electrons. The van der Waals surface area contributed by atoms with Crippen LogP contribution in [0.4, 0.5) is 10.1 Å². The lowest BCUT2D eigenvalue weighted by molar-refractivity contribution is -0.116. The van der Waals surface area contributed by atoms with E-state index in [-0.39, 0.29) is 11.7 Å². The van der Waals surface area contributed by atoms with Crippen molar-refractivity contribution in [3.05, 3.63) is 54.2 Å². The van der Waals surface area contributed by atoms with E-state index in [0.717, 1.165) is 0 Å². The summed E-state index contributed by atoms with van der Waals surface area (Å²) in [6.45, 7) is 1.74. The topological polar surface area (TPSA) is 33.5 Å². The fourth-order valence-corrected chi connectivity index (χ4v) is 1.59. The summed E-state index contributed by atoms with van der Waals surface area (Å²) < 4.78 is 18.3. The van der Waals surface area contributed by atoms with Crippen molar-refractivity contribution in [3.63, 3.8) is 0 Å². The van der Waals surface area contributed by atoms with Crippen molar-refractivity contribution in [1.29, 1.82) is 0 Å². The van der Waals surface area contributed by atoms with Gasteiger partial charge >= 0.3 is 0 Å². The van der Waals surface area contributed by atoms with E-state index in [2.05, 4.69) is 0 Å². The molecule has 0 saturated carbocycles. The van der Waals surface area contributed by atoms with Crippen molar-refractivity contribution in [2.45, 2.75) is 13.5 Å². The van der Waals surface area contributed by atoms with Gasteiger partial charge in [-0.15, -0.1) is 0 Å². The number of furan rings is 1. The molecule has 0 aliphatic heterocycles. The van der Waals surface area contributed by atoms with Gasteiger partial charge in [0.2, 0.25) is 5.91 Å². The number of halogens is 1. The summed E-state index contributed by atoms with van der Waals surface area (Å²) in [6.07, 6.45) is 1.54. The molecule has 3 nitrogen and oxygen atoms in total. The van der Waals surface area contributed by atoms with Gasteiger partial charge in [-0.2, -0.15) is 0 Å². The van der Waals surface area contributed by atoms with Gasteiger partial charge in [0.15, 0.2) is 0 Å². The van der Waals surface area contributed by atoms with Crippen LogP contribution in [-0.4, -0.2) is 5.91 Å². The third-order valence-electron chi connectivity index (χ3n) is 2.39. The quantitative estimate of drug-likeness (QED) is 0.816. The molecule has 17 heavy (non-hydrogen) atoms. The highest BCUT2D eigenvalue weighted by molar-refractivity contribution is 5.91. The molecular formula is C13H12FNO2. The largest absolute Gasteiger partial charge is 0.467 e. The summed E-state index contributed by atoms with van der Waals surface area (Å²) in [7, 11) is 0. The van der Waals surface area contributed by atoms with E-state index < -0.39 is 0 Å². The Morgan fingerprint density at radius 3 is 2.76 bits per heavy atom. The zero-order valence-electron chi connectivity index (χ0n) is 9.39. The van der Waals surface area contributed by atoms with Crippen LogP contribution in [0, 0.1) is 5.82 Å². The molecule has 0 atom stereocenters. The fraction of sp³-hybridized carbons (Fsp3) is 0.154. The highest BCUT2D eigenvalue weighted by atomic mass is 19.1. The van der Waals surface area contributed by atoms with Crippen molar-refractivity contribution in [2.75, 3.05) is 4.90 Å². The van der Waals surface area contributed by atoms with Crippen LogP contribution in [0.1, 0.15) is 12.7 Å². The summed E-state index contributed by atoms with van der Waals surface area (Å²) in [5.74, 6) is 0.129. The van der Waals surface area contributed by atoms with Gasteiger partial charge in [-0.25, -0.2) is 4.39 Å². The van der Waals surface area contributed by atoms with Gasteiger partial charge in [-0.1, -0.05) is 6.07 Å². The van der Waals surface area contributed by atoms with E-state index >= 15 is 0 Å². The molecular weight excluding hydrogens is 221 g/mol. The van der Waals surface area contributed by atoms with Crippen LogP contribution >= 0.6 is 0 Å². The predicted molar refractivity (Wildman–Crippen MR) is 62.0 cm³/mol. The second kappa shape index (κ2) is 4.82. The molecule has 0 unspecified atom stereocenters. The normalized spacial score (nSPS) is 10.2. The number of nitrogens with zero attached hydrogens (tertiary/aromatic N) is 1. The summed E-state index contributed by atoms with van der Waals surface area (Å²) in [4.78, 5) is 13.0. The molecule has 2 aromatic rings. The Kier molecular flexibility index (Phi) is 3.23. The third kappa shape index (κ3) is 2.72. The molecule has 0 spiro atoms. The molecule has 0 saturated heterocycles. The molecule has 0 N–H and O–H groups in total. The maximum Gasteiger partial charge on any atom is 0.224 e. The smallest absolute Gasteiger partial charge is 0.224 e. The minimum absolute atomic E-state index is 0.160. The second-order valence-electron chi connectivity index (χ2n) is 3.66. The average molecular weight is 233 g/mol.